The number of nitrogens with one attached hydrogen (secondary N) is 1. The molecule has 0 aliphatic carbocycles. The predicted octanol–water partition coefficient (Wildman–Crippen LogP) is 2.48. The second-order valence-corrected chi connectivity index (χ2v) is 8.09. The Bertz CT molecular complexity index is 642. The van der Waals surface area contributed by atoms with Gasteiger partial charge in [0.25, 0.3) is 0 Å². The second kappa shape index (κ2) is 6.78. The minimum atomic E-state index is -0.0356. The molecule has 6 nitrogen and oxygen atoms in total. The van der Waals surface area contributed by atoms with Crippen molar-refractivity contribution in [2.75, 3.05) is 14.1 Å². The largest absolute Gasteiger partial charge is 0.348 e. The average molecular weight is 339 g/mol. The summed E-state index contributed by atoms with van der Waals surface area (Å²) in [6.45, 7) is 6.28. The monoisotopic (exact) mass is 339 g/mol. The lowest BCUT2D eigenvalue weighted by molar-refractivity contribution is -0.127. The van der Waals surface area contributed by atoms with Gasteiger partial charge < -0.3 is 4.90 Å². The van der Waals surface area contributed by atoms with Crippen LogP contribution in [0, 0.1) is 0 Å². The van der Waals surface area contributed by atoms with Crippen molar-refractivity contribution in [1.29, 1.82) is 0 Å². The number of carbonyl (C=O) groups is 1. The van der Waals surface area contributed by atoms with E-state index >= 15 is 0 Å². The molecule has 8 heteroatoms. The topological polar surface area (TPSA) is 74.8 Å². The fourth-order valence-electron chi connectivity index (χ4n) is 1.57. The van der Waals surface area contributed by atoms with Crippen molar-refractivity contribution >= 4 is 29.0 Å². The summed E-state index contributed by atoms with van der Waals surface area (Å²) in [5.41, 5.74) is 0.922. The quantitative estimate of drug-likeness (QED) is 0.847. The standard InChI is InChI=1S/C14H21N5OS2/c1-14(2,3)12-16-13(18-17-12)22-8-9-7-21-10(15-9)6-11(20)19(4)5/h7H,6,8H2,1-5H3,(H,16,17,18). The van der Waals surface area contributed by atoms with E-state index in [-0.39, 0.29) is 11.3 Å². The molecule has 0 radical (unpaired) electrons. The van der Waals surface area contributed by atoms with E-state index in [2.05, 4.69) is 40.9 Å². The molecule has 2 aromatic rings. The highest BCUT2D eigenvalue weighted by molar-refractivity contribution is 7.98. The first kappa shape index (κ1) is 17.0. The van der Waals surface area contributed by atoms with Gasteiger partial charge in [0.05, 0.1) is 12.1 Å². The van der Waals surface area contributed by atoms with E-state index in [9.17, 15) is 4.79 Å². The van der Waals surface area contributed by atoms with Crippen LogP contribution in [0.1, 0.15) is 37.3 Å². The number of hydrogen-bond acceptors (Lipinski definition) is 6. The summed E-state index contributed by atoms with van der Waals surface area (Å²) in [6.07, 6.45) is 0.358. The molecule has 0 aliphatic heterocycles. The average Bonchev–Trinajstić information content (AvgIpc) is 3.04. The molecule has 0 unspecified atom stereocenters. The number of thioether (sulfide) groups is 1. The minimum absolute atomic E-state index is 0.0356. The Morgan fingerprint density at radius 1 is 1.36 bits per heavy atom. The number of nitrogens with zero attached hydrogens (tertiary/aromatic N) is 4. The summed E-state index contributed by atoms with van der Waals surface area (Å²) in [6, 6.07) is 0. The third-order valence-electron chi connectivity index (χ3n) is 2.93. The third kappa shape index (κ3) is 4.54. The number of hydrogen-bond donors (Lipinski definition) is 1. The van der Waals surface area contributed by atoms with E-state index in [1.54, 1.807) is 30.8 Å². The number of rotatable bonds is 5. The maximum Gasteiger partial charge on any atom is 0.228 e. The van der Waals surface area contributed by atoms with Crippen LogP contribution in [0.15, 0.2) is 10.5 Å². The molecule has 1 amide bonds. The molecule has 2 rings (SSSR count). The van der Waals surface area contributed by atoms with Crippen LogP contribution in [-0.2, 0) is 22.4 Å². The number of aromatic amines is 1. The molecule has 0 saturated carbocycles. The maximum atomic E-state index is 11.7. The van der Waals surface area contributed by atoms with Crippen molar-refractivity contribution < 1.29 is 4.79 Å². The highest BCUT2D eigenvalue weighted by Gasteiger charge is 2.19. The molecular formula is C14H21N5OS2. The lowest BCUT2D eigenvalue weighted by Gasteiger charge is -2.12. The number of thiazole rings is 1. The summed E-state index contributed by atoms with van der Waals surface area (Å²) in [5.74, 6) is 1.65. The van der Waals surface area contributed by atoms with Crippen LogP contribution in [0.3, 0.4) is 0 Å². The zero-order valence-corrected chi connectivity index (χ0v) is 15.1. The molecule has 1 N–H and O–H groups in total. The summed E-state index contributed by atoms with van der Waals surface area (Å²) in [5, 5.41) is 10.8. The molecule has 22 heavy (non-hydrogen) atoms. The lowest BCUT2D eigenvalue weighted by Crippen LogP contribution is -2.23. The van der Waals surface area contributed by atoms with Crippen LogP contribution in [0.2, 0.25) is 0 Å². The van der Waals surface area contributed by atoms with E-state index in [1.165, 1.54) is 11.3 Å². The van der Waals surface area contributed by atoms with Crippen LogP contribution in [0.5, 0.6) is 0 Å². The van der Waals surface area contributed by atoms with Crippen LogP contribution in [-0.4, -0.2) is 45.1 Å². The van der Waals surface area contributed by atoms with Crippen molar-refractivity contribution in [3.63, 3.8) is 0 Å². The number of H-pyrrole nitrogens is 1. The molecule has 0 aromatic carbocycles. The molecule has 120 valence electrons. The Labute approximate surface area is 138 Å². The molecule has 0 spiro atoms. The van der Waals surface area contributed by atoms with E-state index < -0.39 is 0 Å². The predicted molar refractivity (Wildman–Crippen MR) is 89.2 cm³/mol. The van der Waals surface area contributed by atoms with Crippen LogP contribution >= 0.6 is 23.1 Å². The summed E-state index contributed by atoms with van der Waals surface area (Å²) < 4.78 is 0. The van der Waals surface area contributed by atoms with Gasteiger partial charge in [0.15, 0.2) is 0 Å². The van der Waals surface area contributed by atoms with E-state index in [0.717, 1.165) is 21.7 Å². The highest BCUT2D eigenvalue weighted by atomic mass is 32.2. The van der Waals surface area contributed by atoms with Crippen LogP contribution in [0.25, 0.3) is 0 Å². The zero-order chi connectivity index (χ0) is 16.3. The maximum absolute atomic E-state index is 11.7. The van der Waals surface area contributed by atoms with Crippen LogP contribution < -0.4 is 0 Å². The number of aromatic nitrogens is 4. The first-order chi connectivity index (χ1) is 10.3. The number of likely N-dealkylation sites (N-methyl/N-ethyl adjacent to an activating group) is 1. The Morgan fingerprint density at radius 2 is 2.09 bits per heavy atom. The first-order valence-corrected chi connectivity index (χ1v) is 8.81. The van der Waals surface area contributed by atoms with Gasteiger partial charge >= 0.3 is 0 Å². The van der Waals surface area contributed by atoms with Gasteiger partial charge in [-0.15, -0.1) is 16.4 Å². The Balaban J connectivity index is 1.91. The SMILES string of the molecule is CN(C)C(=O)Cc1nc(CSc2n[nH]c(C(C)(C)C)n2)cs1. The third-order valence-corrected chi connectivity index (χ3v) is 4.70. The van der Waals surface area contributed by atoms with E-state index in [1.807, 2.05) is 5.38 Å². The summed E-state index contributed by atoms with van der Waals surface area (Å²) in [4.78, 5) is 22.2. The van der Waals surface area contributed by atoms with Crippen LogP contribution in [0.4, 0.5) is 0 Å². The van der Waals surface area contributed by atoms with Gasteiger partial charge in [-0.25, -0.2) is 9.97 Å². The lowest BCUT2D eigenvalue weighted by atomic mass is 9.96. The van der Waals surface area contributed by atoms with E-state index in [4.69, 9.17) is 0 Å². The second-order valence-electron chi connectivity index (χ2n) is 6.20. The Kier molecular flexibility index (Phi) is 5.23. The van der Waals surface area contributed by atoms with Crippen molar-refractivity contribution in [1.82, 2.24) is 25.1 Å². The molecule has 2 heterocycles. The van der Waals surface area contributed by atoms with Crippen molar-refractivity contribution in [2.24, 2.45) is 0 Å². The molecule has 2 aromatic heterocycles. The van der Waals surface area contributed by atoms with Gasteiger partial charge in [-0.2, -0.15) is 0 Å². The molecular weight excluding hydrogens is 318 g/mol. The Hall–Kier alpha value is -1.41. The zero-order valence-electron chi connectivity index (χ0n) is 13.5. The van der Waals surface area contributed by atoms with Crippen molar-refractivity contribution in [2.45, 2.75) is 43.5 Å². The van der Waals surface area contributed by atoms with Gasteiger partial charge in [-0.05, 0) is 0 Å². The van der Waals surface area contributed by atoms with Gasteiger partial charge in [0.2, 0.25) is 11.1 Å². The number of amides is 1. The smallest absolute Gasteiger partial charge is 0.228 e. The van der Waals surface area contributed by atoms with Crippen molar-refractivity contribution in [3.8, 4) is 0 Å². The van der Waals surface area contributed by atoms with Gasteiger partial charge in [0.1, 0.15) is 10.8 Å². The molecule has 0 fully saturated rings. The molecule has 0 saturated heterocycles. The fourth-order valence-corrected chi connectivity index (χ4v) is 3.15. The normalized spacial score (nSPS) is 11.7. The van der Waals surface area contributed by atoms with E-state index in [0.29, 0.717) is 12.2 Å². The fraction of sp³-hybridized carbons (Fsp3) is 0.571. The molecule has 0 bridgehead atoms. The summed E-state index contributed by atoms with van der Waals surface area (Å²) in [7, 11) is 3.51. The van der Waals surface area contributed by atoms with Gasteiger partial charge in [-0.3, -0.25) is 9.89 Å². The number of carbonyl (C=O) groups excluding carboxylic acids is 1. The molecule has 0 aliphatic rings. The Morgan fingerprint density at radius 3 is 2.68 bits per heavy atom. The van der Waals surface area contributed by atoms with Crippen molar-refractivity contribution in [3.05, 3.63) is 21.9 Å². The first-order valence-electron chi connectivity index (χ1n) is 6.95. The van der Waals surface area contributed by atoms with Gasteiger partial charge in [0, 0.05) is 30.6 Å². The minimum Gasteiger partial charge on any atom is -0.348 e. The van der Waals surface area contributed by atoms with Gasteiger partial charge in [-0.1, -0.05) is 32.5 Å². The summed E-state index contributed by atoms with van der Waals surface area (Å²) >= 11 is 3.06. The molecule has 0 atom stereocenters. The highest BCUT2D eigenvalue weighted by Crippen LogP contribution is 2.24.